The lowest BCUT2D eigenvalue weighted by Gasteiger charge is -2.22. The summed E-state index contributed by atoms with van der Waals surface area (Å²) in [5, 5.41) is 11.6. The number of nitrogens with one attached hydrogen (secondary N) is 1. The number of halogens is 1. The standard InChI is InChI=1S/C23H33N7O.HI/c1-4-22-27-26-19-30(22)16-14-25-23(29(3)18-21-12-8-17-31-21)24-13-9-15-28(2)20-10-6-5-7-11-20;/h5-8,10-12,17,19H,4,9,13-16,18H2,1-3H3,(H,24,25);1H. The first-order valence-electron chi connectivity index (χ1n) is 10.8. The van der Waals surface area contributed by atoms with E-state index in [0.29, 0.717) is 6.54 Å². The van der Waals surface area contributed by atoms with E-state index in [-0.39, 0.29) is 24.0 Å². The number of guanidine groups is 1. The summed E-state index contributed by atoms with van der Waals surface area (Å²) in [6.45, 7) is 5.98. The molecule has 32 heavy (non-hydrogen) atoms. The smallest absolute Gasteiger partial charge is 0.194 e. The van der Waals surface area contributed by atoms with Crippen LogP contribution in [-0.4, -0.2) is 59.4 Å². The van der Waals surface area contributed by atoms with Crippen LogP contribution in [0, 0.1) is 0 Å². The van der Waals surface area contributed by atoms with Crippen molar-refractivity contribution in [3.05, 3.63) is 66.6 Å². The Kier molecular flexibility index (Phi) is 11.1. The van der Waals surface area contributed by atoms with Gasteiger partial charge in [-0.05, 0) is 30.7 Å². The predicted octanol–water partition coefficient (Wildman–Crippen LogP) is 3.66. The van der Waals surface area contributed by atoms with E-state index >= 15 is 0 Å². The fourth-order valence-corrected chi connectivity index (χ4v) is 3.35. The Bertz CT molecular complexity index is 912. The van der Waals surface area contributed by atoms with E-state index in [1.54, 1.807) is 12.6 Å². The fourth-order valence-electron chi connectivity index (χ4n) is 3.35. The van der Waals surface area contributed by atoms with Crippen LogP contribution in [0.2, 0.25) is 0 Å². The molecule has 2 aromatic heterocycles. The molecular formula is C23H34IN7O. The van der Waals surface area contributed by atoms with Crippen molar-refractivity contribution in [2.45, 2.75) is 32.9 Å². The maximum absolute atomic E-state index is 5.50. The molecule has 3 aromatic rings. The third kappa shape index (κ3) is 7.85. The number of benzene rings is 1. The molecule has 0 fully saturated rings. The summed E-state index contributed by atoms with van der Waals surface area (Å²) in [7, 11) is 4.15. The van der Waals surface area contributed by atoms with Crippen LogP contribution in [0.25, 0.3) is 0 Å². The summed E-state index contributed by atoms with van der Waals surface area (Å²) in [5.41, 5.74) is 1.22. The van der Waals surface area contributed by atoms with E-state index in [2.05, 4.69) is 68.1 Å². The Morgan fingerprint density at radius 1 is 1.16 bits per heavy atom. The SMILES string of the molecule is CCc1nncn1CCNC(=NCCCN(C)c1ccccc1)N(C)Cc1ccco1.I. The van der Waals surface area contributed by atoms with Gasteiger partial charge in [-0.1, -0.05) is 25.1 Å². The van der Waals surface area contributed by atoms with Gasteiger partial charge in [-0.3, -0.25) is 4.99 Å². The van der Waals surface area contributed by atoms with Gasteiger partial charge < -0.3 is 24.1 Å². The number of nitrogens with zero attached hydrogens (tertiary/aromatic N) is 6. The molecule has 0 atom stereocenters. The van der Waals surface area contributed by atoms with Gasteiger partial charge in [-0.15, -0.1) is 34.2 Å². The second kappa shape index (κ2) is 13.8. The number of hydrogen-bond donors (Lipinski definition) is 1. The molecule has 0 bridgehead atoms. The van der Waals surface area contributed by atoms with E-state index in [4.69, 9.17) is 9.41 Å². The third-order valence-electron chi connectivity index (χ3n) is 5.09. The molecule has 0 saturated carbocycles. The minimum atomic E-state index is 0. The number of hydrogen-bond acceptors (Lipinski definition) is 5. The lowest BCUT2D eigenvalue weighted by atomic mass is 10.3. The lowest BCUT2D eigenvalue weighted by molar-refractivity contribution is 0.398. The number of anilines is 1. The summed E-state index contributed by atoms with van der Waals surface area (Å²) < 4.78 is 7.58. The summed E-state index contributed by atoms with van der Waals surface area (Å²) in [4.78, 5) is 9.20. The number of para-hydroxylation sites is 1. The van der Waals surface area contributed by atoms with Gasteiger partial charge in [0.05, 0.1) is 12.8 Å². The van der Waals surface area contributed by atoms with Crippen molar-refractivity contribution >= 4 is 35.6 Å². The van der Waals surface area contributed by atoms with Crippen molar-refractivity contribution in [1.82, 2.24) is 25.0 Å². The van der Waals surface area contributed by atoms with Crippen LogP contribution in [0.1, 0.15) is 24.9 Å². The van der Waals surface area contributed by atoms with Gasteiger partial charge in [0.25, 0.3) is 0 Å². The summed E-state index contributed by atoms with van der Waals surface area (Å²) in [5.74, 6) is 2.77. The quantitative estimate of drug-likeness (QED) is 0.170. The molecule has 0 aliphatic heterocycles. The maximum atomic E-state index is 5.50. The Morgan fingerprint density at radius 2 is 1.97 bits per heavy atom. The van der Waals surface area contributed by atoms with Gasteiger partial charge in [0.15, 0.2) is 5.96 Å². The molecule has 0 spiro atoms. The largest absolute Gasteiger partial charge is 0.467 e. The molecule has 0 aliphatic rings. The first-order valence-corrected chi connectivity index (χ1v) is 10.8. The Labute approximate surface area is 207 Å². The highest BCUT2D eigenvalue weighted by Gasteiger charge is 2.10. The molecule has 1 aromatic carbocycles. The molecule has 3 rings (SSSR count). The molecule has 0 saturated heterocycles. The lowest BCUT2D eigenvalue weighted by Crippen LogP contribution is -2.40. The number of rotatable bonds is 11. The molecule has 0 radical (unpaired) electrons. The van der Waals surface area contributed by atoms with E-state index < -0.39 is 0 Å². The number of aryl methyl sites for hydroxylation is 1. The van der Waals surface area contributed by atoms with E-state index in [0.717, 1.165) is 56.6 Å². The van der Waals surface area contributed by atoms with Crippen molar-refractivity contribution in [3.8, 4) is 0 Å². The number of furan rings is 1. The van der Waals surface area contributed by atoms with Crippen molar-refractivity contribution in [3.63, 3.8) is 0 Å². The number of aromatic nitrogens is 3. The molecular weight excluding hydrogens is 517 g/mol. The number of aliphatic imine (C=N–C) groups is 1. The molecule has 8 nitrogen and oxygen atoms in total. The van der Waals surface area contributed by atoms with Crippen LogP contribution >= 0.6 is 24.0 Å². The minimum Gasteiger partial charge on any atom is -0.467 e. The Balaban J connectivity index is 0.00000363. The molecule has 0 aliphatic carbocycles. The average molecular weight is 551 g/mol. The third-order valence-corrected chi connectivity index (χ3v) is 5.09. The zero-order valence-corrected chi connectivity index (χ0v) is 21.5. The van der Waals surface area contributed by atoms with Crippen LogP contribution in [0.15, 0.2) is 64.5 Å². The second-order valence-electron chi connectivity index (χ2n) is 7.47. The fraction of sp³-hybridized carbons (Fsp3) is 0.435. The van der Waals surface area contributed by atoms with Crippen LogP contribution in [0.4, 0.5) is 5.69 Å². The van der Waals surface area contributed by atoms with Crippen LogP contribution in [0.5, 0.6) is 0 Å². The topological polar surface area (TPSA) is 74.7 Å². The van der Waals surface area contributed by atoms with Crippen LogP contribution in [-0.2, 0) is 19.5 Å². The maximum Gasteiger partial charge on any atom is 0.194 e. The van der Waals surface area contributed by atoms with Crippen molar-refractivity contribution in [2.24, 2.45) is 4.99 Å². The second-order valence-corrected chi connectivity index (χ2v) is 7.47. The van der Waals surface area contributed by atoms with Gasteiger partial charge in [-0.2, -0.15) is 0 Å². The highest BCUT2D eigenvalue weighted by atomic mass is 127. The van der Waals surface area contributed by atoms with E-state index in [9.17, 15) is 0 Å². The van der Waals surface area contributed by atoms with Gasteiger partial charge in [0.2, 0.25) is 0 Å². The zero-order valence-electron chi connectivity index (χ0n) is 19.1. The van der Waals surface area contributed by atoms with Crippen molar-refractivity contribution in [2.75, 3.05) is 38.6 Å². The van der Waals surface area contributed by atoms with Gasteiger partial charge in [-0.25, -0.2) is 0 Å². The van der Waals surface area contributed by atoms with E-state index in [1.165, 1.54) is 5.69 Å². The predicted molar refractivity (Wildman–Crippen MR) is 140 cm³/mol. The summed E-state index contributed by atoms with van der Waals surface area (Å²) in [6, 6.07) is 14.3. The van der Waals surface area contributed by atoms with Crippen LogP contribution in [0.3, 0.4) is 0 Å². The van der Waals surface area contributed by atoms with Crippen LogP contribution < -0.4 is 10.2 Å². The molecule has 0 unspecified atom stereocenters. The normalized spacial score (nSPS) is 11.2. The molecule has 1 N–H and O–H groups in total. The van der Waals surface area contributed by atoms with Gasteiger partial charge >= 0.3 is 0 Å². The average Bonchev–Trinajstić information content (AvgIpc) is 3.47. The van der Waals surface area contributed by atoms with Crippen molar-refractivity contribution < 1.29 is 4.42 Å². The van der Waals surface area contributed by atoms with E-state index in [1.807, 2.05) is 25.2 Å². The Hall–Kier alpha value is -2.56. The highest BCUT2D eigenvalue weighted by Crippen LogP contribution is 2.11. The zero-order chi connectivity index (χ0) is 21.9. The molecule has 0 amide bonds. The minimum absolute atomic E-state index is 0. The molecule has 174 valence electrons. The molecule has 9 heteroatoms. The Morgan fingerprint density at radius 3 is 2.69 bits per heavy atom. The summed E-state index contributed by atoms with van der Waals surface area (Å²) >= 11 is 0. The van der Waals surface area contributed by atoms with Crippen molar-refractivity contribution in [1.29, 1.82) is 0 Å². The molecule has 2 heterocycles. The monoisotopic (exact) mass is 551 g/mol. The first-order chi connectivity index (χ1) is 15.2. The first kappa shape index (κ1) is 25.7. The van der Waals surface area contributed by atoms with Gasteiger partial charge in [0, 0.05) is 52.4 Å². The van der Waals surface area contributed by atoms with Gasteiger partial charge in [0.1, 0.15) is 17.9 Å². The highest BCUT2D eigenvalue weighted by molar-refractivity contribution is 14.0. The summed E-state index contributed by atoms with van der Waals surface area (Å²) in [6.07, 6.45) is 5.32.